The number of nitrogens with zero attached hydrogens (tertiary/aromatic N) is 1. The molecule has 0 heterocycles. The Morgan fingerprint density at radius 2 is 2.25 bits per heavy atom. The highest BCUT2D eigenvalue weighted by Gasteiger charge is 2.12. The van der Waals surface area contributed by atoms with Gasteiger partial charge in [0.25, 0.3) is 0 Å². The van der Waals surface area contributed by atoms with Crippen LogP contribution in [0.5, 0.6) is 0 Å². The molecule has 1 aromatic rings. The highest BCUT2D eigenvalue weighted by molar-refractivity contribution is 6.30. The van der Waals surface area contributed by atoms with E-state index in [0.717, 1.165) is 11.3 Å². The third kappa shape index (κ3) is 3.40. The van der Waals surface area contributed by atoms with Crippen LogP contribution in [-0.2, 0) is 4.79 Å². The molecule has 4 nitrogen and oxygen atoms in total. The number of carboxylic acids is 1. The van der Waals surface area contributed by atoms with Gasteiger partial charge in [0.1, 0.15) is 6.54 Å². The van der Waals surface area contributed by atoms with Crippen LogP contribution in [0.3, 0.4) is 0 Å². The lowest BCUT2D eigenvalue weighted by molar-refractivity contribution is -0.135. The largest absolute Gasteiger partial charge is 0.480 e. The Hall–Kier alpha value is -1.26. The smallest absolute Gasteiger partial charge is 0.323 e. The molecular weight excluding hydrogens is 228 g/mol. The van der Waals surface area contributed by atoms with Gasteiger partial charge in [-0.25, -0.2) is 0 Å². The van der Waals surface area contributed by atoms with E-state index in [1.54, 1.807) is 17.0 Å². The molecule has 0 radical (unpaired) electrons. The number of benzene rings is 1. The SMILES string of the molecule is Cc1ccc(Cl)cc1N(CCN)CC(=O)O. The van der Waals surface area contributed by atoms with E-state index in [2.05, 4.69) is 0 Å². The monoisotopic (exact) mass is 242 g/mol. The van der Waals surface area contributed by atoms with Crippen molar-refractivity contribution in [3.05, 3.63) is 28.8 Å². The molecule has 0 fully saturated rings. The standard InChI is InChI=1S/C11H15ClN2O2/c1-8-2-3-9(12)6-10(8)14(5-4-13)7-11(15)16/h2-3,6H,4-5,7,13H2,1H3,(H,15,16). The molecule has 0 saturated heterocycles. The molecule has 1 aromatic carbocycles. The molecule has 1 rings (SSSR count). The van der Waals surface area contributed by atoms with Crippen LogP contribution in [0.4, 0.5) is 5.69 Å². The number of rotatable bonds is 5. The number of carboxylic acid groups (broad SMARTS) is 1. The molecule has 0 amide bonds. The first-order valence-corrected chi connectivity index (χ1v) is 5.35. The average molecular weight is 243 g/mol. The van der Waals surface area contributed by atoms with Gasteiger partial charge in [0.05, 0.1) is 0 Å². The second-order valence-corrected chi connectivity index (χ2v) is 3.97. The minimum Gasteiger partial charge on any atom is -0.480 e. The van der Waals surface area contributed by atoms with Crippen molar-refractivity contribution in [2.75, 3.05) is 24.5 Å². The van der Waals surface area contributed by atoms with E-state index in [4.69, 9.17) is 22.4 Å². The van der Waals surface area contributed by atoms with E-state index in [1.807, 2.05) is 13.0 Å². The first-order chi connectivity index (χ1) is 7.54. The highest BCUT2D eigenvalue weighted by atomic mass is 35.5. The van der Waals surface area contributed by atoms with Gasteiger partial charge in [-0.3, -0.25) is 4.79 Å². The number of hydrogen-bond donors (Lipinski definition) is 2. The summed E-state index contributed by atoms with van der Waals surface area (Å²) in [5.74, 6) is -0.882. The van der Waals surface area contributed by atoms with E-state index >= 15 is 0 Å². The molecule has 0 bridgehead atoms. The molecule has 0 spiro atoms. The molecule has 3 N–H and O–H groups in total. The number of nitrogens with two attached hydrogens (primary N) is 1. The summed E-state index contributed by atoms with van der Waals surface area (Å²) in [6.45, 7) is 2.74. The van der Waals surface area contributed by atoms with Gasteiger partial charge in [0.15, 0.2) is 0 Å². The van der Waals surface area contributed by atoms with E-state index in [-0.39, 0.29) is 6.54 Å². The second-order valence-electron chi connectivity index (χ2n) is 3.53. The maximum Gasteiger partial charge on any atom is 0.323 e. The van der Waals surface area contributed by atoms with Crippen LogP contribution in [-0.4, -0.2) is 30.7 Å². The van der Waals surface area contributed by atoms with Crippen LogP contribution < -0.4 is 10.6 Å². The Labute approximate surface area is 99.6 Å². The third-order valence-corrected chi connectivity index (χ3v) is 2.47. The van der Waals surface area contributed by atoms with Crippen LogP contribution in [0.1, 0.15) is 5.56 Å². The number of aryl methyl sites for hydroxylation is 1. The lowest BCUT2D eigenvalue weighted by Crippen LogP contribution is -2.34. The van der Waals surface area contributed by atoms with Gasteiger partial charge in [0.2, 0.25) is 0 Å². The predicted molar refractivity (Wildman–Crippen MR) is 65.1 cm³/mol. The van der Waals surface area contributed by atoms with Crippen LogP contribution in [0, 0.1) is 6.92 Å². The van der Waals surface area contributed by atoms with Gasteiger partial charge < -0.3 is 15.7 Å². The summed E-state index contributed by atoms with van der Waals surface area (Å²) in [4.78, 5) is 12.5. The Kier molecular flexibility index (Phi) is 4.58. The Morgan fingerprint density at radius 3 is 2.81 bits per heavy atom. The maximum absolute atomic E-state index is 10.7. The molecule has 0 aliphatic heterocycles. The molecule has 0 saturated carbocycles. The van der Waals surface area contributed by atoms with E-state index in [9.17, 15) is 4.79 Å². The van der Waals surface area contributed by atoms with Crippen molar-refractivity contribution in [3.63, 3.8) is 0 Å². The van der Waals surface area contributed by atoms with E-state index < -0.39 is 5.97 Å². The number of carbonyl (C=O) groups is 1. The third-order valence-electron chi connectivity index (χ3n) is 2.24. The van der Waals surface area contributed by atoms with E-state index in [0.29, 0.717) is 18.1 Å². The fraction of sp³-hybridized carbons (Fsp3) is 0.364. The van der Waals surface area contributed by atoms with Crippen molar-refractivity contribution in [3.8, 4) is 0 Å². The number of hydrogen-bond acceptors (Lipinski definition) is 3. The highest BCUT2D eigenvalue weighted by Crippen LogP contribution is 2.23. The molecule has 0 aromatic heterocycles. The van der Waals surface area contributed by atoms with Gasteiger partial charge in [-0.05, 0) is 24.6 Å². The van der Waals surface area contributed by atoms with Crippen molar-refractivity contribution < 1.29 is 9.90 Å². The zero-order chi connectivity index (χ0) is 12.1. The molecule has 0 unspecified atom stereocenters. The summed E-state index contributed by atoms with van der Waals surface area (Å²) in [7, 11) is 0. The maximum atomic E-state index is 10.7. The van der Waals surface area contributed by atoms with Crippen LogP contribution >= 0.6 is 11.6 Å². The zero-order valence-electron chi connectivity index (χ0n) is 9.11. The Balaban J connectivity index is 2.99. The number of anilines is 1. The van der Waals surface area contributed by atoms with Crippen LogP contribution in [0.2, 0.25) is 5.02 Å². The minimum atomic E-state index is -0.882. The molecular formula is C11H15ClN2O2. The summed E-state index contributed by atoms with van der Waals surface area (Å²) in [5, 5.41) is 9.41. The van der Waals surface area contributed by atoms with Gasteiger partial charge in [-0.15, -0.1) is 0 Å². The normalized spacial score (nSPS) is 10.2. The molecule has 0 atom stereocenters. The second kappa shape index (κ2) is 5.72. The quantitative estimate of drug-likeness (QED) is 0.821. The molecule has 16 heavy (non-hydrogen) atoms. The zero-order valence-corrected chi connectivity index (χ0v) is 9.87. The first-order valence-electron chi connectivity index (χ1n) is 4.97. The fourth-order valence-corrected chi connectivity index (χ4v) is 1.69. The van der Waals surface area contributed by atoms with Gasteiger partial charge in [-0.2, -0.15) is 0 Å². The Bertz CT molecular complexity index is 382. The molecule has 5 heteroatoms. The van der Waals surface area contributed by atoms with E-state index in [1.165, 1.54) is 0 Å². The topological polar surface area (TPSA) is 66.6 Å². The summed E-state index contributed by atoms with van der Waals surface area (Å²) in [5.41, 5.74) is 7.27. The van der Waals surface area contributed by atoms with Crippen molar-refractivity contribution in [1.29, 1.82) is 0 Å². The summed E-state index contributed by atoms with van der Waals surface area (Å²) in [6, 6.07) is 5.40. The molecule has 88 valence electrons. The molecule has 0 aliphatic carbocycles. The average Bonchev–Trinajstić information content (AvgIpc) is 2.20. The van der Waals surface area contributed by atoms with Gasteiger partial charge in [0, 0.05) is 23.8 Å². The van der Waals surface area contributed by atoms with Crippen molar-refractivity contribution in [2.45, 2.75) is 6.92 Å². The predicted octanol–water partition coefficient (Wildman–Crippen LogP) is 1.50. The Morgan fingerprint density at radius 1 is 1.56 bits per heavy atom. The van der Waals surface area contributed by atoms with Crippen molar-refractivity contribution in [2.24, 2.45) is 5.73 Å². The summed E-state index contributed by atoms with van der Waals surface area (Å²) >= 11 is 5.89. The number of halogens is 1. The van der Waals surface area contributed by atoms with Crippen molar-refractivity contribution >= 4 is 23.3 Å². The van der Waals surface area contributed by atoms with Gasteiger partial charge >= 0.3 is 5.97 Å². The van der Waals surface area contributed by atoms with Crippen LogP contribution in [0.25, 0.3) is 0 Å². The first kappa shape index (κ1) is 12.8. The minimum absolute atomic E-state index is 0.0710. The number of aliphatic carboxylic acids is 1. The fourth-order valence-electron chi connectivity index (χ4n) is 1.53. The lowest BCUT2D eigenvalue weighted by Gasteiger charge is -2.24. The lowest BCUT2D eigenvalue weighted by atomic mass is 10.2. The molecule has 0 aliphatic rings. The summed E-state index contributed by atoms with van der Waals surface area (Å²) < 4.78 is 0. The van der Waals surface area contributed by atoms with Crippen LogP contribution in [0.15, 0.2) is 18.2 Å². The van der Waals surface area contributed by atoms with Gasteiger partial charge in [-0.1, -0.05) is 17.7 Å². The summed E-state index contributed by atoms with van der Waals surface area (Å²) in [6.07, 6.45) is 0. The van der Waals surface area contributed by atoms with Crippen molar-refractivity contribution in [1.82, 2.24) is 0 Å².